The van der Waals surface area contributed by atoms with E-state index in [-0.39, 0.29) is 12.5 Å². The zero-order chi connectivity index (χ0) is 20.8. The van der Waals surface area contributed by atoms with Crippen molar-refractivity contribution in [2.24, 2.45) is 0 Å². The lowest BCUT2D eigenvalue weighted by atomic mass is 10.0. The van der Waals surface area contributed by atoms with E-state index in [0.717, 1.165) is 6.08 Å². The maximum atomic E-state index is 12.5. The van der Waals surface area contributed by atoms with Gasteiger partial charge in [0.05, 0.1) is 0 Å². The number of nitrogens with one attached hydrogen (secondary N) is 1. The summed E-state index contributed by atoms with van der Waals surface area (Å²) in [6.07, 6.45) is -0.454. The van der Waals surface area contributed by atoms with Gasteiger partial charge in [-0.2, -0.15) is 0 Å². The van der Waals surface area contributed by atoms with Crippen molar-refractivity contribution in [3.8, 4) is 17.2 Å². The largest absolute Gasteiger partial charge is 0.508 e. The molecule has 3 rings (SSSR count). The molecule has 1 heterocycles. The van der Waals surface area contributed by atoms with Gasteiger partial charge >= 0.3 is 12.1 Å². The number of hydrogen-bond acceptors (Lipinski definition) is 7. The molecular formula is C20H19NO8. The molecule has 0 fully saturated rings. The number of rotatable bonds is 7. The standard InChI is InChI=1S/C20H19NO8/c1-26-16(8-9-18(23)24)19(12-2-5-14(22)6-3-12)29-20(25)21-13-4-7-15-17(10-13)28-11-27-15/h2-10,16,19,22H,11H2,1H3,(H,21,25)(H,23,24)/b9-8+/t16-,19-/m1/s1. The molecule has 0 saturated carbocycles. The molecule has 9 nitrogen and oxygen atoms in total. The van der Waals surface area contributed by atoms with Gasteiger partial charge < -0.3 is 29.2 Å². The van der Waals surface area contributed by atoms with Gasteiger partial charge in [-0.25, -0.2) is 9.59 Å². The van der Waals surface area contributed by atoms with E-state index in [0.29, 0.717) is 22.7 Å². The number of aromatic hydroxyl groups is 1. The van der Waals surface area contributed by atoms with Crippen LogP contribution in [0.15, 0.2) is 54.6 Å². The molecule has 2 aromatic rings. The molecule has 29 heavy (non-hydrogen) atoms. The highest BCUT2D eigenvalue weighted by Crippen LogP contribution is 2.34. The molecule has 9 heteroatoms. The van der Waals surface area contributed by atoms with Crippen molar-refractivity contribution in [3.05, 3.63) is 60.2 Å². The van der Waals surface area contributed by atoms with E-state index >= 15 is 0 Å². The summed E-state index contributed by atoms with van der Waals surface area (Å²) < 4.78 is 21.3. The van der Waals surface area contributed by atoms with Crippen LogP contribution in [0.2, 0.25) is 0 Å². The van der Waals surface area contributed by atoms with Gasteiger partial charge in [0, 0.05) is 24.9 Å². The predicted molar refractivity (Wildman–Crippen MR) is 101 cm³/mol. The lowest BCUT2D eigenvalue weighted by molar-refractivity contribution is -0.131. The SMILES string of the molecule is CO[C@H](/C=C/C(=O)O)[C@H](OC(=O)Nc1ccc2c(c1)OCO2)c1ccc(O)cc1. The summed E-state index contributed by atoms with van der Waals surface area (Å²) in [5, 5.41) is 21.0. The lowest BCUT2D eigenvalue weighted by Crippen LogP contribution is -2.27. The van der Waals surface area contributed by atoms with Crippen molar-refractivity contribution >= 4 is 17.7 Å². The van der Waals surface area contributed by atoms with Gasteiger partial charge in [0.2, 0.25) is 6.79 Å². The lowest BCUT2D eigenvalue weighted by Gasteiger charge is -2.24. The van der Waals surface area contributed by atoms with Crippen LogP contribution in [0.4, 0.5) is 10.5 Å². The summed E-state index contributed by atoms with van der Waals surface area (Å²) in [5.41, 5.74) is 0.935. The third-order valence-corrected chi connectivity index (χ3v) is 4.07. The van der Waals surface area contributed by atoms with Crippen molar-refractivity contribution in [2.45, 2.75) is 12.2 Å². The third-order valence-electron chi connectivity index (χ3n) is 4.07. The zero-order valence-electron chi connectivity index (χ0n) is 15.4. The average Bonchev–Trinajstić information content (AvgIpc) is 3.16. The predicted octanol–water partition coefficient (Wildman–Crippen LogP) is 3.07. The minimum atomic E-state index is -1.17. The Bertz CT molecular complexity index is 909. The second-order valence-corrected chi connectivity index (χ2v) is 6.01. The van der Waals surface area contributed by atoms with E-state index < -0.39 is 24.3 Å². The molecule has 0 spiro atoms. The number of carboxylic acids is 1. The number of carbonyl (C=O) groups excluding carboxylic acids is 1. The van der Waals surface area contributed by atoms with E-state index in [4.69, 9.17) is 24.1 Å². The fraction of sp³-hybridized carbons (Fsp3) is 0.200. The fourth-order valence-corrected chi connectivity index (χ4v) is 2.71. The fourth-order valence-electron chi connectivity index (χ4n) is 2.71. The normalized spacial score (nSPS) is 14.4. The molecule has 152 valence electrons. The third kappa shape index (κ3) is 5.17. The maximum absolute atomic E-state index is 12.5. The Morgan fingerprint density at radius 1 is 1.14 bits per heavy atom. The minimum Gasteiger partial charge on any atom is -0.508 e. The van der Waals surface area contributed by atoms with Gasteiger partial charge in [-0.05, 0) is 35.9 Å². The number of aliphatic carboxylic acids is 1. The van der Waals surface area contributed by atoms with Crippen LogP contribution in [0.1, 0.15) is 11.7 Å². The summed E-state index contributed by atoms with van der Waals surface area (Å²) in [7, 11) is 1.36. The van der Waals surface area contributed by atoms with Crippen LogP contribution in [0, 0.1) is 0 Å². The Kier molecular flexibility index (Phi) is 6.20. The van der Waals surface area contributed by atoms with Crippen LogP contribution in [0.3, 0.4) is 0 Å². The molecule has 1 amide bonds. The molecule has 3 N–H and O–H groups in total. The molecular weight excluding hydrogens is 382 g/mol. The number of ether oxygens (including phenoxy) is 4. The van der Waals surface area contributed by atoms with Crippen LogP contribution in [-0.2, 0) is 14.3 Å². The number of carbonyl (C=O) groups is 2. The highest BCUT2D eigenvalue weighted by Gasteiger charge is 2.26. The maximum Gasteiger partial charge on any atom is 0.412 e. The van der Waals surface area contributed by atoms with E-state index in [1.165, 1.54) is 25.3 Å². The van der Waals surface area contributed by atoms with Crippen molar-refractivity contribution in [1.29, 1.82) is 0 Å². The molecule has 1 aliphatic rings. The number of carboxylic acid groups (broad SMARTS) is 1. The number of fused-ring (bicyclic) bond motifs is 1. The Morgan fingerprint density at radius 2 is 1.86 bits per heavy atom. The minimum absolute atomic E-state index is 0.0346. The summed E-state index contributed by atoms with van der Waals surface area (Å²) in [4.78, 5) is 23.3. The van der Waals surface area contributed by atoms with Crippen LogP contribution in [0.5, 0.6) is 17.2 Å². The van der Waals surface area contributed by atoms with Gasteiger partial charge in [0.1, 0.15) is 11.9 Å². The molecule has 0 aliphatic carbocycles. The molecule has 0 bridgehead atoms. The monoisotopic (exact) mass is 401 g/mol. The Labute approximate surface area is 166 Å². The zero-order valence-corrected chi connectivity index (χ0v) is 15.4. The number of benzene rings is 2. The molecule has 2 atom stereocenters. The summed E-state index contributed by atoms with van der Waals surface area (Å²) in [6.45, 7) is 0.109. The smallest absolute Gasteiger partial charge is 0.412 e. The van der Waals surface area contributed by atoms with Gasteiger partial charge in [-0.15, -0.1) is 0 Å². The highest BCUT2D eigenvalue weighted by atomic mass is 16.7. The van der Waals surface area contributed by atoms with Gasteiger partial charge in [-0.3, -0.25) is 5.32 Å². The highest BCUT2D eigenvalue weighted by molar-refractivity contribution is 5.85. The summed E-state index contributed by atoms with van der Waals surface area (Å²) in [5.74, 6) is -0.0603. The number of anilines is 1. The Morgan fingerprint density at radius 3 is 2.55 bits per heavy atom. The van der Waals surface area contributed by atoms with Crippen LogP contribution < -0.4 is 14.8 Å². The first kappa shape index (κ1) is 20.0. The second kappa shape index (κ2) is 8.98. The molecule has 0 radical (unpaired) electrons. The first-order chi connectivity index (χ1) is 14.0. The Balaban J connectivity index is 1.78. The van der Waals surface area contributed by atoms with Gasteiger partial charge in [-0.1, -0.05) is 12.1 Å². The number of phenols is 1. The first-order valence-electron chi connectivity index (χ1n) is 8.56. The van der Waals surface area contributed by atoms with E-state index in [2.05, 4.69) is 5.32 Å². The second-order valence-electron chi connectivity index (χ2n) is 6.01. The van der Waals surface area contributed by atoms with Crippen molar-refractivity contribution in [3.63, 3.8) is 0 Å². The number of hydrogen-bond donors (Lipinski definition) is 3. The van der Waals surface area contributed by atoms with Crippen molar-refractivity contribution < 1.29 is 38.7 Å². The summed E-state index contributed by atoms with van der Waals surface area (Å²) >= 11 is 0. The van der Waals surface area contributed by atoms with Crippen molar-refractivity contribution in [2.75, 3.05) is 19.2 Å². The molecule has 0 saturated heterocycles. The molecule has 0 unspecified atom stereocenters. The molecule has 1 aliphatic heterocycles. The van der Waals surface area contributed by atoms with E-state index in [1.54, 1.807) is 30.3 Å². The average molecular weight is 401 g/mol. The quantitative estimate of drug-likeness (QED) is 0.605. The van der Waals surface area contributed by atoms with E-state index in [1.807, 2.05) is 0 Å². The topological polar surface area (TPSA) is 124 Å². The van der Waals surface area contributed by atoms with Gasteiger partial charge in [0.15, 0.2) is 17.6 Å². The van der Waals surface area contributed by atoms with E-state index in [9.17, 15) is 14.7 Å². The van der Waals surface area contributed by atoms with Crippen LogP contribution in [0.25, 0.3) is 0 Å². The van der Waals surface area contributed by atoms with Crippen molar-refractivity contribution in [1.82, 2.24) is 0 Å². The van der Waals surface area contributed by atoms with Crippen LogP contribution >= 0.6 is 0 Å². The van der Waals surface area contributed by atoms with Crippen LogP contribution in [-0.4, -0.2) is 42.3 Å². The number of methoxy groups -OCH3 is 1. The Hall–Kier alpha value is -3.72. The molecule has 2 aromatic carbocycles. The molecule has 0 aromatic heterocycles. The summed E-state index contributed by atoms with van der Waals surface area (Å²) in [6, 6.07) is 10.8. The number of amides is 1. The van der Waals surface area contributed by atoms with Gasteiger partial charge in [0.25, 0.3) is 0 Å². The number of phenolic OH excluding ortho intramolecular Hbond substituents is 1. The first-order valence-corrected chi connectivity index (χ1v) is 8.56.